The van der Waals surface area contributed by atoms with E-state index in [0.717, 1.165) is 5.69 Å². The first-order valence-corrected chi connectivity index (χ1v) is 16.0. The standard InChI is InChI=1S/C33H27F4N5O4S/c1-2-46-29-6-4-3-5-25(29)32(41-17-15-40(16-18-41)24-11-13-39-14-12-24)26-19-22(21-38)7-9-28(26)42(31(32)43)47(44,45)30-10-8-23(34)20-27(30)33(35,36)37/h3-14,19-20H,2,15-18H2,1H3. The lowest BCUT2D eigenvalue weighted by Crippen LogP contribution is -2.60. The largest absolute Gasteiger partial charge is 0.493 e. The molecule has 1 saturated heterocycles. The number of hydrogen-bond donors (Lipinski definition) is 0. The van der Waals surface area contributed by atoms with Gasteiger partial charge in [0.15, 0.2) is 5.54 Å². The van der Waals surface area contributed by atoms with Crippen molar-refractivity contribution >= 4 is 27.3 Å². The number of benzene rings is 3. The number of pyridine rings is 1. The highest BCUT2D eigenvalue weighted by Crippen LogP contribution is 2.53. The molecule has 1 atom stereocenters. The van der Waals surface area contributed by atoms with Gasteiger partial charge in [0.2, 0.25) is 0 Å². The number of para-hydroxylation sites is 1. The summed E-state index contributed by atoms with van der Waals surface area (Å²) >= 11 is 0. The van der Waals surface area contributed by atoms with E-state index >= 15 is 4.79 Å². The molecule has 1 amide bonds. The second-order valence-electron chi connectivity index (χ2n) is 10.9. The van der Waals surface area contributed by atoms with Crippen molar-refractivity contribution in [3.05, 3.63) is 113 Å². The van der Waals surface area contributed by atoms with Crippen molar-refractivity contribution in [2.45, 2.75) is 23.5 Å². The lowest BCUT2D eigenvalue weighted by Gasteiger charge is -2.46. The van der Waals surface area contributed by atoms with Gasteiger partial charge in [0.05, 0.1) is 29.5 Å². The van der Waals surface area contributed by atoms with Gasteiger partial charge < -0.3 is 9.64 Å². The monoisotopic (exact) mass is 665 g/mol. The van der Waals surface area contributed by atoms with Crippen molar-refractivity contribution in [1.29, 1.82) is 5.26 Å². The summed E-state index contributed by atoms with van der Waals surface area (Å²) in [6.07, 6.45) is -1.97. The molecule has 1 unspecified atom stereocenters. The number of hydrogen-bond acceptors (Lipinski definition) is 8. The van der Waals surface area contributed by atoms with E-state index in [4.69, 9.17) is 4.74 Å². The molecule has 0 saturated carbocycles. The quantitative estimate of drug-likeness (QED) is 0.245. The van der Waals surface area contributed by atoms with E-state index in [9.17, 15) is 31.2 Å². The van der Waals surface area contributed by atoms with Gasteiger partial charge in [0.25, 0.3) is 15.9 Å². The third kappa shape index (κ3) is 5.25. The minimum atomic E-state index is -5.32. The number of aromatic nitrogens is 1. The number of sulfonamides is 1. The predicted molar refractivity (Wildman–Crippen MR) is 164 cm³/mol. The zero-order valence-electron chi connectivity index (χ0n) is 24.9. The maximum absolute atomic E-state index is 15.1. The van der Waals surface area contributed by atoms with Crippen molar-refractivity contribution in [3.63, 3.8) is 0 Å². The lowest BCUT2D eigenvalue weighted by molar-refractivity contribution is -0.140. The Morgan fingerprint density at radius 2 is 1.66 bits per heavy atom. The molecule has 0 aliphatic carbocycles. The van der Waals surface area contributed by atoms with Crippen LogP contribution in [0, 0.1) is 17.1 Å². The molecule has 14 heteroatoms. The van der Waals surface area contributed by atoms with E-state index < -0.39 is 43.9 Å². The van der Waals surface area contributed by atoms with Gasteiger partial charge in [-0.2, -0.15) is 18.4 Å². The lowest BCUT2D eigenvalue weighted by atomic mass is 9.80. The third-order valence-electron chi connectivity index (χ3n) is 8.35. The Morgan fingerprint density at radius 1 is 0.957 bits per heavy atom. The highest BCUT2D eigenvalue weighted by atomic mass is 32.2. The molecule has 0 bridgehead atoms. The van der Waals surface area contributed by atoms with Crippen LogP contribution in [0.4, 0.5) is 28.9 Å². The Kier molecular flexibility index (Phi) is 8.15. The molecule has 2 aliphatic rings. The average Bonchev–Trinajstić information content (AvgIpc) is 3.33. The van der Waals surface area contributed by atoms with Crippen LogP contribution in [0.5, 0.6) is 5.75 Å². The Hall–Kier alpha value is -5.00. The first-order chi connectivity index (χ1) is 22.4. The number of fused-ring (bicyclic) bond motifs is 1. The molecule has 4 aromatic rings. The molecular formula is C33H27F4N5O4S. The molecule has 1 fully saturated rings. The van der Waals surface area contributed by atoms with Crippen molar-refractivity contribution < 1.29 is 35.5 Å². The number of nitrogens with zero attached hydrogens (tertiary/aromatic N) is 5. The second-order valence-corrected chi connectivity index (χ2v) is 12.6. The van der Waals surface area contributed by atoms with Crippen LogP contribution in [-0.4, -0.2) is 57.0 Å². The van der Waals surface area contributed by atoms with Crippen LogP contribution in [0.3, 0.4) is 0 Å². The third-order valence-corrected chi connectivity index (χ3v) is 10.1. The molecule has 0 radical (unpaired) electrons. The number of amides is 1. The van der Waals surface area contributed by atoms with Crippen LogP contribution in [-0.2, 0) is 26.5 Å². The topological polar surface area (TPSA) is 107 Å². The molecule has 47 heavy (non-hydrogen) atoms. The zero-order chi connectivity index (χ0) is 33.6. The van der Waals surface area contributed by atoms with E-state index in [2.05, 4.69) is 9.88 Å². The van der Waals surface area contributed by atoms with Gasteiger partial charge in [0, 0.05) is 55.4 Å². The normalized spacial score (nSPS) is 18.6. The van der Waals surface area contributed by atoms with Crippen LogP contribution in [0.15, 0.2) is 90.1 Å². The van der Waals surface area contributed by atoms with Crippen LogP contribution in [0.25, 0.3) is 0 Å². The van der Waals surface area contributed by atoms with E-state index in [0.29, 0.717) is 29.5 Å². The zero-order valence-corrected chi connectivity index (χ0v) is 25.7. The van der Waals surface area contributed by atoms with Gasteiger partial charge in [-0.3, -0.25) is 14.7 Å². The van der Waals surface area contributed by atoms with Gasteiger partial charge in [-0.1, -0.05) is 18.2 Å². The first-order valence-electron chi connectivity index (χ1n) is 14.6. The summed E-state index contributed by atoms with van der Waals surface area (Å²) in [5, 5.41) is 9.86. The van der Waals surface area contributed by atoms with Gasteiger partial charge in [-0.15, -0.1) is 0 Å². The summed E-state index contributed by atoms with van der Waals surface area (Å²) in [7, 11) is -5.32. The van der Waals surface area contributed by atoms with E-state index in [1.807, 2.05) is 18.2 Å². The Labute approximate surface area is 268 Å². The van der Waals surface area contributed by atoms with Crippen LogP contribution >= 0.6 is 0 Å². The molecule has 9 nitrogen and oxygen atoms in total. The number of nitriles is 1. The maximum atomic E-state index is 15.1. The maximum Gasteiger partial charge on any atom is 0.417 e. The molecule has 2 aliphatic heterocycles. The fourth-order valence-corrected chi connectivity index (χ4v) is 8.03. The predicted octanol–water partition coefficient (Wildman–Crippen LogP) is 5.31. The summed E-state index contributed by atoms with van der Waals surface area (Å²) in [6.45, 7) is 3.14. The Bertz CT molecular complexity index is 1990. The highest BCUT2D eigenvalue weighted by molar-refractivity contribution is 7.93. The number of piperazine rings is 1. The summed E-state index contributed by atoms with van der Waals surface area (Å²) < 4.78 is 91.5. The molecule has 6 rings (SSSR count). The van der Waals surface area contributed by atoms with Crippen LogP contribution in [0.2, 0.25) is 0 Å². The number of rotatable bonds is 7. The van der Waals surface area contributed by atoms with E-state index in [-0.39, 0.29) is 53.9 Å². The van der Waals surface area contributed by atoms with Gasteiger partial charge >= 0.3 is 6.18 Å². The van der Waals surface area contributed by atoms with E-state index in [1.165, 1.54) is 18.2 Å². The molecule has 0 N–H and O–H groups in total. The summed E-state index contributed by atoms with van der Waals surface area (Å²) in [4.78, 5) is 21.7. The van der Waals surface area contributed by atoms with Crippen molar-refractivity contribution in [1.82, 2.24) is 9.88 Å². The molecular weight excluding hydrogens is 638 g/mol. The first kappa shape index (κ1) is 32.0. The fraction of sp³-hybridized carbons (Fsp3) is 0.242. The number of alkyl halides is 3. The highest BCUT2D eigenvalue weighted by Gasteiger charge is 2.61. The number of anilines is 2. The molecule has 3 heterocycles. The molecule has 242 valence electrons. The summed E-state index contributed by atoms with van der Waals surface area (Å²) in [5.74, 6) is -2.12. The Balaban J connectivity index is 1.60. The second kappa shape index (κ2) is 12.0. The SMILES string of the molecule is CCOc1ccccc1C1(N2CCN(c3ccncc3)CC2)C(=O)N(S(=O)(=O)c2ccc(F)cc2C(F)(F)F)c2ccc(C#N)cc21. The minimum Gasteiger partial charge on any atom is -0.493 e. The van der Waals surface area contributed by atoms with Crippen LogP contribution < -0.4 is 13.9 Å². The van der Waals surface area contributed by atoms with Gasteiger partial charge in [-0.05, 0) is 61.5 Å². The van der Waals surface area contributed by atoms with Crippen LogP contribution in [0.1, 0.15) is 29.2 Å². The number of carbonyl (C=O) groups excluding carboxylic acids is 1. The fourth-order valence-electron chi connectivity index (χ4n) is 6.37. The number of ether oxygens (including phenoxy) is 1. The van der Waals surface area contributed by atoms with Crippen molar-refractivity contribution in [2.24, 2.45) is 0 Å². The van der Waals surface area contributed by atoms with Crippen molar-refractivity contribution in [3.8, 4) is 11.8 Å². The smallest absolute Gasteiger partial charge is 0.417 e. The molecule has 0 spiro atoms. The number of carbonyl (C=O) groups is 1. The van der Waals surface area contributed by atoms with Crippen molar-refractivity contribution in [2.75, 3.05) is 42.0 Å². The van der Waals surface area contributed by atoms with E-state index in [1.54, 1.807) is 48.5 Å². The summed E-state index contributed by atoms with van der Waals surface area (Å²) in [5.41, 5.74) is -2.59. The van der Waals surface area contributed by atoms with Gasteiger partial charge in [-0.25, -0.2) is 17.1 Å². The molecule has 1 aromatic heterocycles. The average molecular weight is 666 g/mol. The number of halogens is 4. The molecule has 3 aromatic carbocycles. The van der Waals surface area contributed by atoms with Gasteiger partial charge in [0.1, 0.15) is 16.5 Å². The Morgan fingerprint density at radius 3 is 2.32 bits per heavy atom. The minimum absolute atomic E-state index is 0.0864. The summed E-state index contributed by atoms with van der Waals surface area (Å²) in [6, 6.07) is 17.3.